The number of rotatable bonds is 4. The first-order chi connectivity index (χ1) is 7.18. The average Bonchev–Trinajstić information content (AvgIpc) is 2.77. The zero-order valence-corrected chi connectivity index (χ0v) is 10.1. The minimum absolute atomic E-state index is 0.155. The fourth-order valence-corrected chi connectivity index (χ4v) is 4.33. The van der Waals surface area contributed by atoms with Crippen molar-refractivity contribution in [3.63, 3.8) is 0 Å². The van der Waals surface area contributed by atoms with E-state index in [0.717, 1.165) is 19.4 Å². The second-order valence-corrected chi connectivity index (χ2v) is 7.27. The molecule has 2 heterocycles. The maximum Gasteiger partial charge on any atom is 0.154 e. The van der Waals surface area contributed by atoms with Crippen LogP contribution in [0.3, 0.4) is 0 Å². The number of thiophene rings is 1. The van der Waals surface area contributed by atoms with Gasteiger partial charge in [-0.25, -0.2) is 8.42 Å². The van der Waals surface area contributed by atoms with Crippen LogP contribution in [0.2, 0.25) is 0 Å². The van der Waals surface area contributed by atoms with Gasteiger partial charge in [0.2, 0.25) is 0 Å². The van der Waals surface area contributed by atoms with Crippen molar-refractivity contribution < 1.29 is 8.42 Å². The van der Waals surface area contributed by atoms with Gasteiger partial charge >= 0.3 is 0 Å². The van der Waals surface area contributed by atoms with Crippen molar-refractivity contribution in [3.8, 4) is 0 Å². The first-order valence-electron chi connectivity index (χ1n) is 5.13. The van der Waals surface area contributed by atoms with Crippen molar-refractivity contribution >= 4 is 21.2 Å². The molecule has 0 spiro atoms. The van der Waals surface area contributed by atoms with Crippen molar-refractivity contribution in [3.05, 3.63) is 22.4 Å². The molecule has 1 aliphatic heterocycles. The second kappa shape index (κ2) is 4.63. The van der Waals surface area contributed by atoms with Gasteiger partial charge in [-0.1, -0.05) is 6.07 Å². The predicted molar refractivity (Wildman–Crippen MR) is 62.8 cm³/mol. The Morgan fingerprint density at radius 2 is 2.40 bits per heavy atom. The molecule has 0 radical (unpaired) electrons. The first kappa shape index (κ1) is 11.1. The molecule has 1 unspecified atom stereocenters. The van der Waals surface area contributed by atoms with E-state index < -0.39 is 9.84 Å². The van der Waals surface area contributed by atoms with Crippen LogP contribution in [0.4, 0.5) is 0 Å². The molecular formula is C10H15NO2S2. The van der Waals surface area contributed by atoms with E-state index in [4.69, 9.17) is 0 Å². The van der Waals surface area contributed by atoms with Crippen molar-refractivity contribution in [2.24, 2.45) is 0 Å². The molecule has 0 amide bonds. The van der Waals surface area contributed by atoms with Crippen molar-refractivity contribution in [2.45, 2.75) is 24.6 Å². The number of nitrogens with one attached hydrogen (secondary N) is 1. The highest BCUT2D eigenvalue weighted by atomic mass is 32.2. The van der Waals surface area contributed by atoms with Crippen LogP contribution in [0.15, 0.2) is 17.5 Å². The Morgan fingerprint density at radius 1 is 1.53 bits per heavy atom. The van der Waals surface area contributed by atoms with Gasteiger partial charge < -0.3 is 5.32 Å². The second-order valence-electron chi connectivity index (χ2n) is 3.84. The molecule has 1 saturated heterocycles. The van der Waals surface area contributed by atoms with Gasteiger partial charge in [-0.2, -0.15) is 0 Å². The smallest absolute Gasteiger partial charge is 0.154 e. The highest BCUT2D eigenvalue weighted by molar-refractivity contribution is 7.92. The third-order valence-electron chi connectivity index (χ3n) is 2.71. The minimum atomic E-state index is -2.79. The van der Waals surface area contributed by atoms with Gasteiger partial charge in [0.25, 0.3) is 0 Å². The summed E-state index contributed by atoms with van der Waals surface area (Å²) in [6, 6.07) is 4.06. The number of hydrogen-bond donors (Lipinski definition) is 1. The summed E-state index contributed by atoms with van der Waals surface area (Å²) in [4.78, 5) is 1.25. The summed E-state index contributed by atoms with van der Waals surface area (Å²) in [5.41, 5.74) is 0. The van der Waals surface area contributed by atoms with E-state index in [9.17, 15) is 8.42 Å². The highest BCUT2D eigenvalue weighted by Crippen LogP contribution is 2.19. The zero-order valence-electron chi connectivity index (χ0n) is 8.48. The van der Waals surface area contributed by atoms with Gasteiger partial charge in [-0.05, 0) is 24.3 Å². The fourth-order valence-electron chi connectivity index (χ4n) is 1.86. The fraction of sp³-hybridized carbons (Fsp3) is 0.600. The standard InChI is InChI=1S/C10H15NO2S2/c12-15(13)6-2-4-10(15)8-11-7-9-3-1-5-14-9/h1,3,5,10-11H,2,4,6-8H2. The minimum Gasteiger partial charge on any atom is -0.311 e. The quantitative estimate of drug-likeness (QED) is 0.872. The maximum atomic E-state index is 11.5. The van der Waals surface area contributed by atoms with Crippen LogP contribution < -0.4 is 5.32 Å². The average molecular weight is 245 g/mol. The van der Waals surface area contributed by atoms with E-state index >= 15 is 0 Å². The molecular weight excluding hydrogens is 230 g/mol. The zero-order chi connectivity index (χ0) is 10.7. The molecule has 0 aromatic carbocycles. The summed E-state index contributed by atoms with van der Waals surface area (Å²) in [6.45, 7) is 1.38. The third-order valence-corrected chi connectivity index (χ3v) is 5.87. The molecule has 0 saturated carbocycles. The van der Waals surface area contributed by atoms with Crippen LogP contribution in [0.1, 0.15) is 17.7 Å². The Labute approximate surface area is 94.4 Å². The van der Waals surface area contributed by atoms with Crippen molar-refractivity contribution in [1.29, 1.82) is 0 Å². The largest absolute Gasteiger partial charge is 0.311 e. The summed E-state index contributed by atoms with van der Waals surface area (Å²) in [5, 5.41) is 5.09. The van der Waals surface area contributed by atoms with E-state index in [2.05, 4.69) is 11.4 Å². The lowest BCUT2D eigenvalue weighted by Crippen LogP contribution is -2.29. The first-order valence-corrected chi connectivity index (χ1v) is 7.73. The number of hydrogen-bond acceptors (Lipinski definition) is 4. The summed E-state index contributed by atoms with van der Waals surface area (Å²) in [6.07, 6.45) is 1.65. The van der Waals surface area contributed by atoms with Crippen molar-refractivity contribution in [1.82, 2.24) is 5.32 Å². The van der Waals surface area contributed by atoms with E-state index in [0.29, 0.717) is 12.3 Å². The normalized spacial score (nSPS) is 24.4. The molecule has 1 aliphatic rings. The topological polar surface area (TPSA) is 46.2 Å². The molecule has 0 aliphatic carbocycles. The van der Waals surface area contributed by atoms with Crippen molar-refractivity contribution in [2.75, 3.05) is 12.3 Å². The summed E-state index contributed by atoms with van der Waals surface area (Å²) in [7, 11) is -2.79. The SMILES string of the molecule is O=S1(=O)CCCC1CNCc1cccs1. The van der Waals surface area contributed by atoms with E-state index in [1.807, 2.05) is 11.4 Å². The molecule has 1 aromatic heterocycles. The number of sulfone groups is 1. The van der Waals surface area contributed by atoms with Crippen LogP contribution >= 0.6 is 11.3 Å². The van der Waals surface area contributed by atoms with Crippen LogP contribution in [-0.4, -0.2) is 26.0 Å². The molecule has 0 bridgehead atoms. The molecule has 84 valence electrons. The van der Waals surface area contributed by atoms with Gasteiger partial charge in [0.1, 0.15) is 0 Å². The molecule has 1 aromatic rings. The molecule has 2 rings (SSSR count). The highest BCUT2D eigenvalue weighted by Gasteiger charge is 2.30. The lowest BCUT2D eigenvalue weighted by molar-refractivity contribution is 0.575. The van der Waals surface area contributed by atoms with E-state index in [-0.39, 0.29) is 5.25 Å². The summed E-state index contributed by atoms with van der Waals surface area (Å²) < 4.78 is 23.0. The maximum absolute atomic E-state index is 11.5. The Bertz CT molecular complexity index is 397. The Balaban J connectivity index is 1.79. The Morgan fingerprint density at radius 3 is 3.00 bits per heavy atom. The van der Waals surface area contributed by atoms with Gasteiger partial charge in [0, 0.05) is 18.0 Å². The van der Waals surface area contributed by atoms with Crippen LogP contribution in [-0.2, 0) is 16.4 Å². The molecule has 3 nitrogen and oxygen atoms in total. The third kappa shape index (κ3) is 2.80. The summed E-state index contributed by atoms with van der Waals surface area (Å²) >= 11 is 1.69. The monoisotopic (exact) mass is 245 g/mol. The lowest BCUT2D eigenvalue weighted by atomic mass is 10.2. The van der Waals surface area contributed by atoms with Gasteiger partial charge in [-0.15, -0.1) is 11.3 Å². The van der Waals surface area contributed by atoms with Crippen LogP contribution in [0, 0.1) is 0 Å². The predicted octanol–water partition coefficient (Wildman–Crippen LogP) is 1.41. The molecule has 1 N–H and O–H groups in total. The molecule has 15 heavy (non-hydrogen) atoms. The Kier molecular flexibility index (Phi) is 3.43. The van der Waals surface area contributed by atoms with Crippen LogP contribution in [0.5, 0.6) is 0 Å². The Hall–Kier alpha value is -0.390. The van der Waals surface area contributed by atoms with E-state index in [1.165, 1.54) is 4.88 Å². The molecule has 1 fully saturated rings. The van der Waals surface area contributed by atoms with Gasteiger partial charge in [0.15, 0.2) is 9.84 Å². The van der Waals surface area contributed by atoms with Gasteiger partial charge in [-0.3, -0.25) is 0 Å². The molecule has 5 heteroatoms. The van der Waals surface area contributed by atoms with Crippen LogP contribution in [0.25, 0.3) is 0 Å². The van der Waals surface area contributed by atoms with Gasteiger partial charge in [0.05, 0.1) is 11.0 Å². The van der Waals surface area contributed by atoms with E-state index in [1.54, 1.807) is 11.3 Å². The lowest BCUT2D eigenvalue weighted by Gasteiger charge is -2.09. The molecule has 1 atom stereocenters. The summed E-state index contributed by atoms with van der Waals surface area (Å²) in [5.74, 6) is 0.373.